The minimum Gasteiger partial charge on any atom is -0.419 e. The van der Waals surface area contributed by atoms with Gasteiger partial charge in [0.15, 0.2) is 5.69 Å². The summed E-state index contributed by atoms with van der Waals surface area (Å²) >= 11 is 12.6. The van der Waals surface area contributed by atoms with Crippen LogP contribution in [0.5, 0.6) is 0 Å². The van der Waals surface area contributed by atoms with Gasteiger partial charge in [-0.15, -0.1) is 15.3 Å². The highest BCUT2D eigenvalue weighted by molar-refractivity contribution is 6.33. The molecule has 30 heavy (non-hydrogen) atoms. The minimum absolute atomic E-state index is 0.368. The molecular weight excluding hydrogens is 421 g/mol. The summed E-state index contributed by atoms with van der Waals surface area (Å²) in [6.07, 6.45) is 7.90. The molecule has 5 rings (SSSR count). The van der Waals surface area contributed by atoms with Gasteiger partial charge in [-0.05, 0) is 55.5 Å². The molecule has 8 heteroatoms. The first-order chi connectivity index (χ1) is 14.7. The Kier molecular flexibility index (Phi) is 5.61. The maximum Gasteiger partial charge on any atom is 0.268 e. The van der Waals surface area contributed by atoms with Crippen LogP contribution in [-0.2, 0) is 13.0 Å². The second-order valence-corrected chi connectivity index (χ2v) is 8.95. The zero-order chi connectivity index (χ0) is 20.5. The highest BCUT2D eigenvalue weighted by Crippen LogP contribution is 2.35. The summed E-state index contributed by atoms with van der Waals surface area (Å²) in [7, 11) is 0. The molecule has 0 bridgehead atoms. The molecule has 1 saturated carbocycles. The van der Waals surface area contributed by atoms with E-state index in [-0.39, 0.29) is 0 Å². The summed E-state index contributed by atoms with van der Waals surface area (Å²) in [5.41, 5.74) is 3.63. The third-order valence-corrected chi connectivity index (χ3v) is 6.62. The van der Waals surface area contributed by atoms with Crippen LogP contribution in [0.15, 0.2) is 28.7 Å². The summed E-state index contributed by atoms with van der Waals surface area (Å²) in [6.45, 7) is 1.58. The molecule has 1 aliphatic carbocycles. The number of anilines is 1. The third-order valence-electron chi connectivity index (χ3n) is 6.01. The zero-order valence-electron chi connectivity index (χ0n) is 16.7. The predicted molar refractivity (Wildman–Crippen MR) is 117 cm³/mol. The molecule has 0 atom stereocenters. The molecule has 0 saturated heterocycles. The molecule has 0 amide bonds. The SMILES string of the molecule is Clc1ccc(Cl)c(CN2CCCc3nnc(-c4nnc(C5CCCCC5)o4)cc32)c1. The van der Waals surface area contributed by atoms with Crippen molar-refractivity contribution in [2.45, 2.75) is 57.4 Å². The van der Waals surface area contributed by atoms with Crippen LogP contribution in [-0.4, -0.2) is 26.9 Å². The van der Waals surface area contributed by atoms with E-state index >= 15 is 0 Å². The smallest absolute Gasteiger partial charge is 0.268 e. The molecule has 156 valence electrons. The van der Waals surface area contributed by atoms with Gasteiger partial charge in [-0.25, -0.2) is 0 Å². The number of benzene rings is 1. The van der Waals surface area contributed by atoms with Crippen molar-refractivity contribution in [1.29, 1.82) is 0 Å². The number of hydrogen-bond acceptors (Lipinski definition) is 6. The predicted octanol–water partition coefficient (Wildman–Crippen LogP) is 5.83. The van der Waals surface area contributed by atoms with Crippen molar-refractivity contribution in [2.24, 2.45) is 0 Å². The zero-order valence-corrected chi connectivity index (χ0v) is 18.2. The Hall–Kier alpha value is -2.18. The van der Waals surface area contributed by atoms with Crippen LogP contribution in [0.3, 0.4) is 0 Å². The number of aromatic nitrogens is 4. The van der Waals surface area contributed by atoms with Crippen LogP contribution >= 0.6 is 23.2 Å². The van der Waals surface area contributed by atoms with E-state index in [2.05, 4.69) is 25.3 Å². The monoisotopic (exact) mass is 443 g/mol. The average molecular weight is 444 g/mol. The molecule has 2 aliphatic rings. The molecule has 1 aromatic carbocycles. The summed E-state index contributed by atoms with van der Waals surface area (Å²) in [4.78, 5) is 2.27. The lowest BCUT2D eigenvalue weighted by Crippen LogP contribution is -2.29. The van der Waals surface area contributed by atoms with Gasteiger partial charge in [0.25, 0.3) is 5.89 Å². The fourth-order valence-electron chi connectivity index (χ4n) is 4.41. The number of aryl methyl sites for hydroxylation is 1. The van der Waals surface area contributed by atoms with Crippen LogP contribution in [0, 0.1) is 0 Å². The topological polar surface area (TPSA) is 67.9 Å². The molecule has 3 aromatic rings. The second kappa shape index (κ2) is 8.52. The molecular formula is C22H23Cl2N5O. The maximum atomic E-state index is 6.40. The maximum absolute atomic E-state index is 6.40. The van der Waals surface area contributed by atoms with Gasteiger partial charge in [0.05, 0.1) is 11.4 Å². The highest BCUT2D eigenvalue weighted by Gasteiger charge is 2.25. The first-order valence-electron chi connectivity index (χ1n) is 10.6. The van der Waals surface area contributed by atoms with Gasteiger partial charge in [0.2, 0.25) is 5.89 Å². The first-order valence-corrected chi connectivity index (χ1v) is 11.3. The molecule has 2 aromatic heterocycles. The van der Waals surface area contributed by atoms with E-state index in [9.17, 15) is 0 Å². The van der Waals surface area contributed by atoms with Crippen LogP contribution in [0.4, 0.5) is 5.69 Å². The summed E-state index contributed by atoms with van der Waals surface area (Å²) in [6, 6.07) is 7.58. The highest BCUT2D eigenvalue weighted by atomic mass is 35.5. The minimum atomic E-state index is 0.368. The standard InChI is InChI=1S/C22H23Cl2N5O/c23-16-8-9-17(24)15(11-16)13-29-10-4-7-18-20(29)12-19(26-25-18)22-28-27-21(30-22)14-5-2-1-3-6-14/h8-9,11-12,14H,1-7,10,13H2. The molecule has 1 aliphatic heterocycles. The molecule has 3 heterocycles. The molecule has 0 unspecified atom stereocenters. The van der Waals surface area contributed by atoms with Crippen LogP contribution < -0.4 is 4.90 Å². The Balaban J connectivity index is 1.42. The van der Waals surface area contributed by atoms with Gasteiger partial charge in [-0.3, -0.25) is 0 Å². The molecule has 0 radical (unpaired) electrons. The van der Waals surface area contributed by atoms with E-state index in [0.717, 1.165) is 55.1 Å². The van der Waals surface area contributed by atoms with Gasteiger partial charge in [0.1, 0.15) is 0 Å². The average Bonchev–Trinajstić information content (AvgIpc) is 3.27. The van der Waals surface area contributed by atoms with Crippen LogP contribution in [0.2, 0.25) is 10.0 Å². The van der Waals surface area contributed by atoms with Gasteiger partial charge in [-0.2, -0.15) is 5.10 Å². The van der Waals surface area contributed by atoms with Gasteiger partial charge >= 0.3 is 0 Å². The quantitative estimate of drug-likeness (QED) is 0.504. The van der Waals surface area contributed by atoms with Crippen molar-refractivity contribution >= 4 is 28.9 Å². The van der Waals surface area contributed by atoms with E-state index < -0.39 is 0 Å². The van der Waals surface area contributed by atoms with Crippen molar-refractivity contribution < 1.29 is 4.42 Å². The van der Waals surface area contributed by atoms with Crippen molar-refractivity contribution in [2.75, 3.05) is 11.4 Å². The van der Waals surface area contributed by atoms with Crippen molar-refractivity contribution in [3.63, 3.8) is 0 Å². The van der Waals surface area contributed by atoms with E-state index in [1.54, 1.807) is 6.07 Å². The lowest BCUT2D eigenvalue weighted by Gasteiger charge is -2.30. The Morgan fingerprint density at radius 3 is 2.70 bits per heavy atom. The van der Waals surface area contributed by atoms with Crippen molar-refractivity contribution in [3.8, 4) is 11.6 Å². The Morgan fingerprint density at radius 2 is 1.83 bits per heavy atom. The van der Waals surface area contributed by atoms with E-state index in [4.69, 9.17) is 27.6 Å². The Labute approximate surface area is 185 Å². The number of hydrogen-bond donors (Lipinski definition) is 0. The lowest BCUT2D eigenvalue weighted by atomic mass is 9.89. The van der Waals surface area contributed by atoms with Gasteiger partial charge in [0, 0.05) is 29.1 Å². The number of rotatable bonds is 4. The van der Waals surface area contributed by atoms with E-state index in [1.807, 2.05) is 18.2 Å². The van der Waals surface area contributed by atoms with Gasteiger partial charge in [-0.1, -0.05) is 42.5 Å². The number of fused-ring (bicyclic) bond motifs is 1. The van der Waals surface area contributed by atoms with E-state index in [0.29, 0.717) is 34.1 Å². The largest absolute Gasteiger partial charge is 0.419 e. The molecule has 1 fully saturated rings. The van der Waals surface area contributed by atoms with Crippen molar-refractivity contribution in [3.05, 3.63) is 51.5 Å². The van der Waals surface area contributed by atoms with Crippen molar-refractivity contribution in [1.82, 2.24) is 20.4 Å². The summed E-state index contributed by atoms with van der Waals surface area (Å²) in [5, 5.41) is 18.8. The Bertz CT molecular complexity index is 1050. The second-order valence-electron chi connectivity index (χ2n) is 8.10. The molecule has 0 N–H and O–H groups in total. The number of nitrogens with zero attached hydrogens (tertiary/aromatic N) is 5. The first kappa shape index (κ1) is 19.8. The van der Waals surface area contributed by atoms with Crippen LogP contribution in [0.25, 0.3) is 11.6 Å². The summed E-state index contributed by atoms with van der Waals surface area (Å²) in [5.74, 6) is 1.54. The fraction of sp³-hybridized carbons (Fsp3) is 0.455. The summed E-state index contributed by atoms with van der Waals surface area (Å²) < 4.78 is 6.01. The van der Waals surface area contributed by atoms with E-state index in [1.165, 1.54) is 19.3 Å². The molecule has 0 spiro atoms. The lowest BCUT2D eigenvalue weighted by molar-refractivity contribution is 0.366. The van der Waals surface area contributed by atoms with Gasteiger partial charge < -0.3 is 9.32 Å². The Morgan fingerprint density at radius 1 is 0.967 bits per heavy atom. The number of halogens is 2. The third kappa shape index (κ3) is 4.03. The van der Waals surface area contributed by atoms with Crippen LogP contribution in [0.1, 0.15) is 61.6 Å². The normalized spacial score (nSPS) is 17.2. The molecule has 6 nitrogen and oxygen atoms in total. The fourth-order valence-corrected chi connectivity index (χ4v) is 4.78.